The van der Waals surface area contributed by atoms with Crippen LogP contribution in [0, 0.1) is 6.92 Å². The number of rotatable bonds is 9. The fraction of sp³-hybridized carbons (Fsp3) is 0.138. The van der Waals surface area contributed by atoms with Crippen molar-refractivity contribution in [1.29, 1.82) is 0 Å². The minimum atomic E-state index is -0.411. The summed E-state index contributed by atoms with van der Waals surface area (Å²) >= 11 is 3.48. The number of amides is 2. The van der Waals surface area contributed by atoms with Gasteiger partial charge in [0.25, 0.3) is 11.8 Å². The highest BCUT2D eigenvalue weighted by molar-refractivity contribution is 9.10. The quantitative estimate of drug-likeness (QED) is 0.197. The third kappa shape index (κ3) is 6.49. The minimum Gasteiger partial charge on any atom is -0.496 e. The summed E-state index contributed by atoms with van der Waals surface area (Å²) in [5, 5.41) is 8.76. The molecule has 9 heteroatoms. The summed E-state index contributed by atoms with van der Waals surface area (Å²) in [4.78, 5) is 25.1. The highest BCUT2D eigenvalue weighted by Crippen LogP contribution is 2.33. The number of nitrogens with one attached hydrogen (secondary N) is 2. The molecule has 4 aromatic rings. The van der Waals surface area contributed by atoms with Crippen molar-refractivity contribution in [3.8, 4) is 17.2 Å². The zero-order chi connectivity index (χ0) is 27.1. The number of nitrogens with zero attached hydrogens (tertiary/aromatic N) is 1. The molecular formula is C29H26BrN3O5. The van der Waals surface area contributed by atoms with Crippen LogP contribution in [-0.4, -0.2) is 38.9 Å². The molecule has 38 heavy (non-hydrogen) atoms. The number of carbonyl (C=O) groups is 2. The Hall–Kier alpha value is -4.37. The van der Waals surface area contributed by atoms with Crippen molar-refractivity contribution in [2.45, 2.75) is 6.92 Å². The number of hydrogen-bond donors (Lipinski definition) is 2. The van der Waals surface area contributed by atoms with Gasteiger partial charge in [0, 0.05) is 15.7 Å². The summed E-state index contributed by atoms with van der Waals surface area (Å²) < 4.78 is 17.2. The van der Waals surface area contributed by atoms with Gasteiger partial charge in [-0.15, -0.1) is 0 Å². The third-order valence-electron chi connectivity index (χ3n) is 5.66. The van der Waals surface area contributed by atoms with Crippen LogP contribution in [0.4, 0.5) is 5.69 Å². The number of methoxy groups -OCH3 is 2. The van der Waals surface area contributed by atoms with Gasteiger partial charge in [0.1, 0.15) is 5.75 Å². The maximum Gasteiger partial charge on any atom is 0.275 e. The van der Waals surface area contributed by atoms with Crippen molar-refractivity contribution >= 4 is 50.4 Å². The number of hydrogen-bond acceptors (Lipinski definition) is 6. The molecule has 2 amide bonds. The molecule has 0 aliphatic carbocycles. The molecule has 0 saturated carbocycles. The molecule has 194 valence electrons. The molecule has 0 aliphatic rings. The van der Waals surface area contributed by atoms with Crippen molar-refractivity contribution in [1.82, 2.24) is 5.43 Å². The Labute approximate surface area is 228 Å². The smallest absolute Gasteiger partial charge is 0.275 e. The van der Waals surface area contributed by atoms with Crippen LogP contribution in [0.15, 0.2) is 82.4 Å². The Balaban J connectivity index is 1.42. The van der Waals surface area contributed by atoms with Crippen LogP contribution in [0.5, 0.6) is 17.2 Å². The molecule has 4 aromatic carbocycles. The van der Waals surface area contributed by atoms with Crippen molar-refractivity contribution in [3.05, 3.63) is 94.0 Å². The summed E-state index contributed by atoms with van der Waals surface area (Å²) in [5.74, 6) is 0.518. The van der Waals surface area contributed by atoms with Gasteiger partial charge >= 0.3 is 0 Å². The maximum absolute atomic E-state index is 12.8. The molecule has 0 fully saturated rings. The molecule has 8 nitrogen and oxygen atoms in total. The lowest BCUT2D eigenvalue weighted by molar-refractivity contribution is -0.118. The van der Waals surface area contributed by atoms with E-state index in [0.29, 0.717) is 38.5 Å². The van der Waals surface area contributed by atoms with E-state index in [1.807, 2.05) is 61.5 Å². The second-order valence-electron chi connectivity index (χ2n) is 8.33. The van der Waals surface area contributed by atoms with E-state index in [9.17, 15) is 9.59 Å². The first-order chi connectivity index (χ1) is 18.4. The van der Waals surface area contributed by atoms with E-state index < -0.39 is 5.91 Å². The lowest BCUT2D eigenvalue weighted by Crippen LogP contribution is -2.20. The van der Waals surface area contributed by atoms with E-state index >= 15 is 0 Å². The largest absolute Gasteiger partial charge is 0.496 e. The molecule has 0 saturated heterocycles. The van der Waals surface area contributed by atoms with E-state index in [1.54, 1.807) is 18.2 Å². The van der Waals surface area contributed by atoms with Crippen LogP contribution in [0.3, 0.4) is 0 Å². The molecular weight excluding hydrogens is 550 g/mol. The molecule has 0 heterocycles. The predicted octanol–water partition coefficient (Wildman–Crippen LogP) is 5.71. The lowest BCUT2D eigenvalue weighted by atomic mass is 10.1. The van der Waals surface area contributed by atoms with Gasteiger partial charge in [-0.25, -0.2) is 5.43 Å². The SMILES string of the molecule is COc1cc(/C=N\NC(=O)c2cc3ccccc3cc2OC)c(Br)cc1OCC(=O)Nc1ccc(C)cc1. The Morgan fingerprint density at radius 1 is 0.895 bits per heavy atom. The molecule has 0 unspecified atom stereocenters. The molecule has 4 rings (SSSR count). The monoisotopic (exact) mass is 575 g/mol. The Morgan fingerprint density at radius 3 is 2.26 bits per heavy atom. The normalized spacial score (nSPS) is 10.8. The lowest BCUT2D eigenvalue weighted by Gasteiger charge is -2.13. The Kier molecular flexibility index (Phi) is 8.60. The number of halogens is 1. The molecule has 0 bridgehead atoms. The first kappa shape index (κ1) is 26.7. The van der Waals surface area contributed by atoms with Crippen LogP contribution in [0.2, 0.25) is 0 Å². The van der Waals surface area contributed by atoms with Crippen molar-refractivity contribution in [2.75, 3.05) is 26.1 Å². The number of anilines is 1. The first-order valence-corrected chi connectivity index (χ1v) is 12.4. The number of ether oxygens (including phenoxy) is 3. The fourth-order valence-corrected chi connectivity index (χ4v) is 4.11. The van der Waals surface area contributed by atoms with Crippen molar-refractivity contribution in [3.63, 3.8) is 0 Å². The van der Waals surface area contributed by atoms with E-state index in [1.165, 1.54) is 20.4 Å². The van der Waals surface area contributed by atoms with Gasteiger partial charge in [0.05, 0.1) is 26.0 Å². The van der Waals surface area contributed by atoms with E-state index in [0.717, 1.165) is 16.3 Å². The zero-order valence-electron chi connectivity index (χ0n) is 21.1. The molecule has 0 aromatic heterocycles. The zero-order valence-corrected chi connectivity index (χ0v) is 22.7. The van der Waals surface area contributed by atoms with Gasteiger partial charge < -0.3 is 19.5 Å². The summed E-state index contributed by atoms with van der Waals surface area (Å²) in [6.07, 6.45) is 1.48. The van der Waals surface area contributed by atoms with Crippen LogP contribution in [0.1, 0.15) is 21.5 Å². The summed E-state index contributed by atoms with van der Waals surface area (Å²) in [6, 6.07) is 22.1. The van der Waals surface area contributed by atoms with Crippen LogP contribution >= 0.6 is 15.9 Å². The standard InChI is InChI=1S/C29H26BrN3O5/c1-18-8-10-22(11-9-18)32-28(34)17-38-27-15-24(30)21(14-26(27)37-3)16-31-33-29(35)23-12-19-6-4-5-7-20(19)13-25(23)36-2/h4-16H,17H2,1-3H3,(H,32,34)(H,33,35)/b31-16-. The summed E-state index contributed by atoms with van der Waals surface area (Å²) in [5.41, 5.74) is 5.32. The van der Waals surface area contributed by atoms with Gasteiger partial charge in [-0.3, -0.25) is 9.59 Å². The summed E-state index contributed by atoms with van der Waals surface area (Å²) in [7, 11) is 3.01. The maximum atomic E-state index is 12.8. The second-order valence-corrected chi connectivity index (χ2v) is 9.18. The van der Waals surface area contributed by atoms with Gasteiger partial charge in [-0.05, 0) is 70.0 Å². The molecule has 0 radical (unpaired) electrons. The number of fused-ring (bicyclic) bond motifs is 1. The molecule has 0 spiro atoms. The third-order valence-corrected chi connectivity index (χ3v) is 6.35. The van der Waals surface area contributed by atoms with Gasteiger partial charge in [-0.2, -0.15) is 5.10 Å². The average molecular weight is 576 g/mol. The predicted molar refractivity (Wildman–Crippen MR) is 152 cm³/mol. The molecule has 0 aliphatic heterocycles. The van der Waals surface area contributed by atoms with Crippen LogP contribution < -0.4 is 25.0 Å². The molecule has 2 N–H and O–H groups in total. The highest BCUT2D eigenvalue weighted by atomic mass is 79.9. The average Bonchev–Trinajstić information content (AvgIpc) is 2.93. The number of carbonyl (C=O) groups excluding carboxylic acids is 2. The molecule has 0 atom stereocenters. The number of hydrazone groups is 1. The van der Waals surface area contributed by atoms with Gasteiger partial charge in [0.15, 0.2) is 18.1 Å². The Bertz CT molecular complexity index is 1500. The van der Waals surface area contributed by atoms with Gasteiger partial charge in [-0.1, -0.05) is 42.0 Å². The van der Waals surface area contributed by atoms with Gasteiger partial charge in [0.2, 0.25) is 0 Å². The number of aryl methyl sites for hydroxylation is 1. The minimum absolute atomic E-state index is 0.201. The highest BCUT2D eigenvalue weighted by Gasteiger charge is 2.14. The van der Waals surface area contributed by atoms with E-state index in [-0.39, 0.29) is 12.5 Å². The fourth-order valence-electron chi connectivity index (χ4n) is 3.69. The number of benzene rings is 4. The topological polar surface area (TPSA) is 98.2 Å². The Morgan fingerprint density at radius 2 is 1.58 bits per heavy atom. The van der Waals surface area contributed by atoms with E-state index in [2.05, 4.69) is 31.8 Å². The van der Waals surface area contributed by atoms with Crippen molar-refractivity contribution in [2.24, 2.45) is 5.10 Å². The van der Waals surface area contributed by atoms with Crippen LogP contribution in [-0.2, 0) is 4.79 Å². The van der Waals surface area contributed by atoms with Crippen molar-refractivity contribution < 1.29 is 23.8 Å². The van der Waals surface area contributed by atoms with E-state index in [4.69, 9.17) is 14.2 Å². The first-order valence-electron chi connectivity index (χ1n) is 11.6. The van der Waals surface area contributed by atoms with Crippen LogP contribution in [0.25, 0.3) is 10.8 Å². The second kappa shape index (κ2) is 12.2. The summed E-state index contributed by atoms with van der Waals surface area (Å²) in [6.45, 7) is 1.77.